The zero-order valence-corrected chi connectivity index (χ0v) is 12.9. The lowest BCUT2D eigenvalue weighted by atomic mass is 10.3. The summed E-state index contributed by atoms with van der Waals surface area (Å²) in [6, 6.07) is 5.52. The first-order valence-corrected chi connectivity index (χ1v) is 7.26. The van der Waals surface area contributed by atoms with E-state index < -0.39 is 0 Å². The van der Waals surface area contributed by atoms with Gasteiger partial charge in [0.2, 0.25) is 0 Å². The molecule has 3 aromatic rings. The largest absolute Gasteiger partial charge is 0.321 e. The average molecular weight is 330 g/mol. The van der Waals surface area contributed by atoms with Crippen molar-refractivity contribution in [1.29, 1.82) is 0 Å². The summed E-state index contributed by atoms with van der Waals surface area (Å²) in [6.45, 7) is 0.595. The topological polar surface area (TPSA) is 35.6 Å². The van der Waals surface area contributed by atoms with Gasteiger partial charge in [0.25, 0.3) is 0 Å². The van der Waals surface area contributed by atoms with Crippen LogP contribution in [0.15, 0.2) is 24.4 Å². The number of hydrogen-bond donors (Lipinski definition) is 0. The summed E-state index contributed by atoms with van der Waals surface area (Å²) < 4.78 is 3.77. The number of rotatable bonds is 3. The van der Waals surface area contributed by atoms with Crippen molar-refractivity contribution < 1.29 is 0 Å². The first kappa shape index (κ1) is 13.7. The molecule has 0 unspecified atom stereocenters. The van der Waals surface area contributed by atoms with Crippen LogP contribution in [-0.4, -0.2) is 19.3 Å². The summed E-state index contributed by atoms with van der Waals surface area (Å²) in [6.07, 6.45) is 1.90. The van der Waals surface area contributed by atoms with Crippen LogP contribution in [0.5, 0.6) is 0 Å². The van der Waals surface area contributed by atoms with E-state index in [0.29, 0.717) is 22.5 Å². The molecule has 0 fully saturated rings. The molecule has 0 saturated heterocycles. The van der Waals surface area contributed by atoms with E-state index in [-0.39, 0.29) is 0 Å². The van der Waals surface area contributed by atoms with Gasteiger partial charge in [0.1, 0.15) is 5.82 Å². The Morgan fingerprint density at radius 2 is 1.95 bits per heavy atom. The molecule has 0 saturated carbocycles. The molecule has 0 aliphatic rings. The monoisotopic (exact) mass is 328 g/mol. The maximum Gasteiger partial charge on any atom is 0.125 e. The Morgan fingerprint density at radius 1 is 1.20 bits per heavy atom. The highest BCUT2D eigenvalue weighted by molar-refractivity contribution is 6.42. The number of halogens is 3. The summed E-state index contributed by atoms with van der Waals surface area (Å²) in [7, 11) is 1.88. The molecule has 0 radical (unpaired) electrons. The van der Waals surface area contributed by atoms with Crippen LogP contribution in [0.25, 0.3) is 11.0 Å². The van der Waals surface area contributed by atoms with Crippen molar-refractivity contribution in [1.82, 2.24) is 19.3 Å². The van der Waals surface area contributed by atoms with Gasteiger partial charge in [-0.05, 0) is 18.2 Å². The van der Waals surface area contributed by atoms with Gasteiger partial charge in [0, 0.05) is 13.2 Å². The van der Waals surface area contributed by atoms with E-state index in [2.05, 4.69) is 10.1 Å². The van der Waals surface area contributed by atoms with Crippen molar-refractivity contribution >= 4 is 45.8 Å². The first-order valence-electron chi connectivity index (χ1n) is 5.97. The van der Waals surface area contributed by atoms with Gasteiger partial charge in [0.05, 0.1) is 39.2 Å². The Kier molecular flexibility index (Phi) is 3.63. The summed E-state index contributed by atoms with van der Waals surface area (Å²) in [5, 5.41) is 5.36. The lowest BCUT2D eigenvalue weighted by Gasteiger charge is -2.06. The maximum atomic E-state index is 6.09. The Morgan fingerprint density at radius 3 is 2.60 bits per heavy atom. The molecule has 0 aliphatic carbocycles. The van der Waals surface area contributed by atoms with Crippen molar-refractivity contribution in [2.75, 3.05) is 0 Å². The van der Waals surface area contributed by atoms with Gasteiger partial charge in [-0.2, -0.15) is 5.10 Å². The second-order valence-corrected chi connectivity index (χ2v) is 5.57. The molecule has 2 heterocycles. The van der Waals surface area contributed by atoms with Crippen molar-refractivity contribution in [3.63, 3.8) is 0 Å². The van der Waals surface area contributed by atoms with Crippen molar-refractivity contribution in [2.45, 2.75) is 12.4 Å². The van der Waals surface area contributed by atoms with Crippen LogP contribution < -0.4 is 0 Å². The Balaban J connectivity index is 2.14. The molecule has 0 aliphatic heterocycles. The molecule has 0 atom stereocenters. The highest BCUT2D eigenvalue weighted by atomic mass is 35.5. The SMILES string of the molecule is Cn1ccc(Cn2c(CCl)nc3cc(Cl)c(Cl)cc32)n1. The molecular weight excluding hydrogens is 319 g/mol. The fourth-order valence-electron chi connectivity index (χ4n) is 2.16. The number of fused-ring (bicyclic) bond motifs is 1. The van der Waals surface area contributed by atoms with E-state index in [1.54, 1.807) is 10.7 Å². The standard InChI is InChI=1S/C13H11Cl3N4/c1-19-3-2-8(18-19)7-20-12-5-10(16)9(15)4-11(12)17-13(20)6-14/h2-5H,6-7H2,1H3. The van der Waals surface area contributed by atoms with E-state index in [1.165, 1.54) is 0 Å². The minimum Gasteiger partial charge on any atom is -0.321 e. The van der Waals surface area contributed by atoms with Gasteiger partial charge in [-0.15, -0.1) is 11.6 Å². The summed E-state index contributed by atoms with van der Waals surface area (Å²) in [5.74, 6) is 1.09. The predicted molar refractivity (Wildman–Crippen MR) is 81.6 cm³/mol. The third-order valence-electron chi connectivity index (χ3n) is 3.08. The molecule has 0 amide bonds. The average Bonchev–Trinajstić information content (AvgIpc) is 2.96. The first-order chi connectivity index (χ1) is 9.58. The Bertz CT molecular complexity index is 775. The molecule has 1 aromatic carbocycles. The quantitative estimate of drug-likeness (QED) is 0.684. The van der Waals surface area contributed by atoms with Gasteiger partial charge in [-0.25, -0.2) is 4.98 Å². The van der Waals surface area contributed by atoms with Crippen molar-refractivity contribution in [3.05, 3.63) is 46.0 Å². The molecule has 20 heavy (non-hydrogen) atoms. The van der Waals surface area contributed by atoms with Gasteiger partial charge in [0.15, 0.2) is 0 Å². The maximum absolute atomic E-state index is 6.09. The molecule has 0 N–H and O–H groups in total. The Labute approximate surface area is 130 Å². The molecular formula is C13H11Cl3N4. The highest BCUT2D eigenvalue weighted by Gasteiger charge is 2.13. The molecule has 104 valence electrons. The van der Waals surface area contributed by atoms with Crippen LogP contribution >= 0.6 is 34.8 Å². The van der Waals surface area contributed by atoms with Gasteiger partial charge >= 0.3 is 0 Å². The molecule has 0 bridgehead atoms. The summed E-state index contributed by atoms with van der Waals surface area (Å²) in [4.78, 5) is 4.49. The zero-order chi connectivity index (χ0) is 14.3. The third-order valence-corrected chi connectivity index (χ3v) is 4.04. The number of nitrogens with zero attached hydrogens (tertiary/aromatic N) is 4. The third kappa shape index (κ3) is 2.39. The molecule has 3 rings (SSSR count). The van der Waals surface area contributed by atoms with Crippen LogP contribution in [0.1, 0.15) is 11.5 Å². The fraction of sp³-hybridized carbons (Fsp3) is 0.231. The zero-order valence-electron chi connectivity index (χ0n) is 10.6. The van der Waals surface area contributed by atoms with E-state index in [1.807, 2.05) is 29.9 Å². The van der Waals surface area contributed by atoms with Crippen LogP contribution in [0.3, 0.4) is 0 Å². The van der Waals surface area contributed by atoms with E-state index in [0.717, 1.165) is 22.6 Å². The van der Waals surface area contributed by atoms with Crippen molar-refractivity contribution in [3.8, 4) is 0 Å². The number of aromatic nitrogens is 4. The fourth-order valence-corrected chi connectivity index (χ4v) is 2.68. The molecule has 2 aromatic heterocycles. The second-order valence-electron chi connectivity index (χ2n) is 4.48. The van der Waals surface area contributed by atoms with E-state index in [4.69, 9.17) is 34.8 Å². The van der Waals surface area contributed by atoms with Gasteiger partial charge < -0.3 is 4.57 Å². The number of alkyl halides is 1. The van der Waals surface area contributed by atoms with E-state index >= 15 is 0 Å². The number of hydrogen-bond acceptors (Lipinski definition) is 2. The lowest BCUT2D eigenvalue weighted by Crippen LogP contribution is -2.05. The number of benzene rings is 1. The second kappa shape index (κ2) is 5.28. The molecule has 4 nitrogen and oxygen atoms in total. The lowest BCUT2D eigenvalue weighted by molar-refractivity contribution is 0.701. The normalized spacial score (nSPS) is 11.4. The minimum absolute atomic E-state index is 0.316. The van der Waals surface area contributed by atoms with Crippen LogP contribution in [0.2, 0.25) is 10.0 Å². The highest BCUT2D eigenvalue weighted by Crippen LogP contribution is 2.29. The number of aryl methyl sites for hydroxylation is 1. The van der Waals surface area contributed by atoms with Gasteiger partial charge in [-0.3, -0.25) is 4.68 Å². The minimum atomic E-state index is 0.316. The summed E-state index contributed by atoms with van der Waals surface area (Å²) in [5.41, 5.74) is 2.62. The molecule has 7 heteroatoms. The van der Waals surface area contributed by atoms with Crippen LogP contribution in [0, 0.1) is 0 Å². The summed E-state index contributed by atoms with van der Waals surface area (Å²) >= 11 is 18.1. The number of imidazole rings is 1. The van der Waals surface area contributed by atoms with Crippen molar-refractivity contribution in [2.24, 2.45) is 7.05 Å². The smallest absolute Gasteiger partial charge is 0.125 e. The van der Waals surface area contributed by atoms with E-state index in [9.17, 15) is 0 Å². The molecule has 0 spiro atoms. The predicted octanol–water partition coefficient (Wildman–Crippen LogP) is 3.86. The van der Waals surface area contributed by atoms with Crippen LogP contribution in [-0.2, 0) is 19.5 Å². The Hall–Kier alpha value is -1.23. The van der Waals surface area contributed by atoms with Crippen LogP contribution in [0.4, 0.5) is 0 Å². The van der Waals surface area contributed by atoms with Gasteiger partial charge in [-0.1, -0.05) is 23.2 Å².